The zero-order chi connectivity index (χ0) is 17.8. The first-order valence-corrected chi connectivity index (χ1v) is 8.68. The fourth-order valence-electron chi connectivity index (χ4n) is 2.98. The summed E-state index contributed by atoms with van der Waals surface area (Å²) in [5, 5.41) is 6.13. The van der Waals surface area contributed by atoms with Crippen molar-refractivity contribution in [2.45, 2.75) is 18.9 Å². The molecule has 6 heteroatoms. The minimum absolute atomic E-state index is 0.0197. The van der Waals surface area contributed by atoms with Crippen LogP contribution in [0.1, 0.15) is 12.8 Å². The van der Waals surface area contributed by atoms with Gasteiger partial charge >= 0.3 is 0 Å². The number of ether oxygens (including phenoxy) is 1. The molecule has 4 rings (SSSR count). The SMILES string of the molecule is O=C(Nc1ccc(Oc2ccc(-n3ccnc3)cc2)cc1)[C@@H]1CCCN1. The quantitative estimate of drug-likeness (QED) is 0.742. The third-order valence-electron chi connectivity index (χ3n) is 4.37. The first kappa shape index (κ1) is 16.4. The van der Waals surface area contributed by atoms with E-state index in [1.165, 1.54) is 0 Å². The van der Waals surface area contributed by atoms with Crippen LogP contribution in [-0.4, -0.2) is 28.0 Å². The van der Waals surface area contributed by atoms with Crippen molar-refractivity contribution in [2.24, 2.45) is 0 Å². The standard InChI is InChI=1S/C20H20N4O2/c25-20(19-2-1-11-22-19)23-15-3-7-17(8-4-15)26-18-9-5-16(6-10-18)24-13-12-21-14-24/h3-10,12-14,19,22H,1-2,11H2,(H,23,25)/t19-/m0/s1. The van der Waals surface area contributed by atoms with Crippen molar-refractivity contribution >= 4 is 11.6 Å². The van der Waals surface area contributed by atoms with Gasteiger partial charge in [-0.15, -0.1) is 0 Å². The second kappa shape index (κ2) is 7.41. The minimum Gasteiger partial charge on any atom is -0.457 e. The van der Waals surface area contributed by atoms with E-state index in [2.05, 4.69) is 15.6 Å². The van der Waals surface area contributed by atoms with E-state index < -0.39 is 0 Å². The lowest BCUT2D eigenvalue weighted by Gasteiger charge is -2.12. The number of carbonyl (C=O) groups is 1. The van der Waals surface area contributed by atoms with Gasteiger partial charge in [0.2, 0.25) is 5.91 Å². The number of nitrogens with zero attached hydrogens (tertiary/aromatic N) is 2. The first-order valence-electron chi connectivity index (χ1n) is 8.68. The molecule has 0 unspecified atom stereocenters. The number of imidazole rings is 1. The molecule has 1 amide bonds. The number of anilines is 1. The second-order valence-electron chi connectivity index (χ2n) is 6.23. The summed E-state index contributed by atoms with van der Waals surface area (Å²) in [5.74, 6) is 1.49. The van der Waals surface area contributed by atoms with Crippen LogP contribution in [0.3, 0.4) is 0 Å². The summed E-state index contributed by atoms with van der Waals surface area (Å²) in [7, 11) is 0. The predicted molar refractivity (Wildman–Crippen MR) is 99.7 cm³/mol. The molecule has 0 saturated carbocycles. The molecular weight excluding hydrogens is 328 g/mol. The molecule has 1 aliphatic rings. The van der Waals surface area contributed by atoms with E-state index in [0.717, 1.165) is 42.3 Å². The Kier molecular flexibility index (Phi) is 4.66. The van der Waals surface area contributed by atoms with Gasteiger partial charge in [0.25, 0.3) is 0 Å². The number of hydrogen-bond donors (Lipinski definition) is 2. The number of hydrogen-bond acceptors (Lipinski definition) is 4. The van der Waals surface area contributed by atoms with Crippen molar-refractivity contribution in [3.8, 4) is 17.2 Å². The highest BCUT2D eigenvalue weighted by Gasteiger charge is 2.21. The van der Waals surface area contributed by atoms with Crippen LogP contribution in [0, 0.1) is 0 Å². The average Bonchev–Trinajstić information content (AvgIpc) is 3.38. The first-order chi connectivity index (χ1) is 12.8. The summed E-state index contributed by atoms with van der Waals surface area (Å²) in [4.78, 5) is 16.1. The van der Waals surface area contributed by atoms with Crippen molar-refractivity contribution in [3.63, 3.8) is 0 Å². The molecule has 0 aliphatic carbocycles. The Hall–Kier alpha value is -3.12. The van der Waals surface area contributed by atoms with Crippen LogP contribution in [0.4, 0.5) is 5.69 Å². The van der Waals surface area contributed by atoms with Crippen LogP contribution in [0.2, 0.25) is 0 Å². The lowest BCUT2D eigenvalue weighted by Crippen LogP contribution is -2.35. The highest BCUT2D eigenvalue weighted by atomic mass is 16.5. The Bertz CT molecular complexity index is 852. The van der Waals surface area contributed by atoms with Crippen LogP contribution in [0.25, 0.3) is 5.69 Å². The number of rotatable bonds is 5. The molecule has 2 N–H and O–H groups in total. The van der Waals surface area contributed by atoms with Crippen LogP contribution < -0.4 is 15.4 Å². The van der Waals surface area contributed by atoms with Gasteiger partial charge in [0.05, 0.1) is 12.4 Å². The minimum atomic E-state index is -0.0834. The van der Waals surface area contributed by atoms with Crippen molar-refractivity contribution in [2.75, 3.05) is 11.9 Å². The monoisotopic (exact) mass is 348 g/mol. The molecular formula is C20H20N4O2. The number of aromatic nitrogens is 2. The molecule has 1 aromatic heterocycles. The van der Waals surface area contributed by atoms with Gasteiger partial charge in [0, 0.05) is 23.8 Å². The molecule has 2 heterocycles. The molecule has 26 heavy (non-hydrogen) atoms. The fraction of sp³-hybridized carbons (Fsp3) is 0.200. The summed E-state index contributed by atoms with van der Waals surface area (Å²) in [6.45, 7) is 0.907. The second-order valence-corrected chi connectivity index (χ2v) is 6.23. The molecule has 0 bridgehead atoms. The van der Waals surface area contributed by atoms with Gasteiger partial charge in [0.15, 0.2) is 0 Å². The maximum Gasteiger partial charge on any atom is 0.241 e. The maximum atomic E-state index is 12.1. The highest BCUT2D eigenvalue weighted by molar-refractivity contribution is 5.95. The molecule has 3 aromatic rings. The molecule has 1 saturated heterocycles. The molecule has 132 valence electrons. The lowest BCUT2D eigenvalue weighted by atomic mass is 10.2. The zero-order valence-corrected chi connectivity index (χ0v) is 14.3. The summed E-state index contributed by atoms with van der Waals surface area (Å²) in [5.41, 5.74) is 1.79. The normalized spacial score (nSPS) is 16.4. The summed E-state index contributed by atoms with van der Waals surface area (Å²) in [6, 6.07) is 15.1. The van der Waals surface area contributed by atoms with E-state index in [9.17, 15) is 4.79 Å². The van der Waals surface area contributed by atoms with Crippen LogP contribution in [-0.2, 0) is 4.79 Å². The Morgan fingerprint density at radius 3 is 2.46 bits per heavy atom. The molecule has 1 fully saturated rings. The van der Waals surface area contributed by atoms with Crippen LogP contribution in [0.5, 0.6) is 11.5 Å². The molecule has 2 aromatic carbocycles. The maximum absolute atomic E-state index is 12.1. The van der Waals surface area contributed by atoms with E-state index >= 15 is 0 Å². The lowest BCUT2D eigenvalue weighted by molar-refractivity contribution is -0.117. The van der Waals surface area contributed by atoms with E-state index in [0.29, 0.717) is 0 Å². The third-order valence-corrected chi connectivity index (χ3v) is 4.37. The smallest absolute Gasteiger partial charge is 0.241 e. The van der Waals surface area contributed by atoms with Crippen LogP contribution in [0.15, 0.2) is 67.3 Å². The summed E-state index contributed by atoms with van der Waals surface area (Å²) >= 11 is 0. The Morgan fingerprint density at radius 2 is 1.85 bits per heavy atom. The van der Waals surface area contributed by atoms with Crippen molar-refractivity contribution in [3.05, 3.63) is 67.3 Å². The van der Waals surface area contributed by atoms with Gasteiger partial charge < -0.3 is 19.9 Å². The van der Waals surface area contributed by atoms with Crippen molar-refractivity contribution in [1.29, 1.82) is 0 Å². The topological polar surface area (TPSA) is 68.2 Å². The molecule has 6 nitrogen and oxygen atoms in total. The number of nitrogens with one attached hydrogen (secondary N) is 2. The number of amides is 1. The van der Waals surface area contributed by atoms with Crippen molar-refractivity contribution < 1.29 is 9.53 Å². The summed E-state index contributed by atoms with van der Waals surface area (Å²) in [6.07, 6.45) is 7.33. The van der Waals surface area contributed by atoms with Gasteiger partial charge in [-0.3, -0.25) is 4.79 Å². The van der Waals surface area contributed by atoms with E-state index in [1.807, 2.05) is 59.3 Å². The van der Waals surface area contributed by atoms with E-state index in [4.69, 9.17) is 4.74 Å². The largest absolute Gasteiger partial charge is 0.457 e. The molecule has 1 aliphatic heterocycles. The number of benzene rings is 2. The molecule has 0 radical (unpaired) electrons. The van der Waals surface area contributed by atoms with E-state index in [1.54, 1.807) is 12.5 Å². The number of carbonyl (C=O) groups excluding carboxylic acids is 1. The van der Waals surface area contributed by atoms with Crippen molar-refractivity contribution in [1.82, 2.24) is 14.9 Å². The Balaban J connectivity index is 1.37. The summed E-state index contributed by atoms with van der Waals surface area (Å²) < 4.78 is 7.79. The average molecular weight is 348 g/mol. The fourth-order valence-corrected chi connectivity index (χ4v) is 2.98. The Morgan fingerprint density at radius 1 is 1.12 bits per heavy atom. The van der Waals surface area contributed by atoms with E-state index in [-0.39, 0.29) is 11.9 Å². The molecule has 0 spiro atoms. The van der Waals surface area contributed by atoms with Gasteiger partial charge in [-0.2, -0.15) is 0 Å². The van der Waals surface area contributed by atoms with Gasteiger partial charge in [-0.05, 0) is 67.9 Å². The zero-order valence-electron chi connectivity index (χ0n) is 14.3. The van der Waals surface area contributed by atoms with Gasteiger partial charge in [0.1, 0.15) is 11.5 Å². The van der Waals surface area contributed by atoms with Gasteiger partial charge in [-0.25, -0.2) is 4.98 Å². The molecule has 1 atom stereocenters. The third kappa shape index (κ3) is 3.75. The van der Waals surface area contributed by atoms with Gasteiger partial charge in [-0.1, -0.05) is 0 Å². The Labute approximate surface area is 151 Å². The predicted octanol–water partition coefficient (Wildman–Crippen LogP) is 3.36. The van der Waals surface area contributed by atoms with Crippen LogP contribution >= 0.6 is 0 Å². The highest BCUT2D eigenvalue weighted by Crippen LogP contribution is 2.24.